The summed E-state index contributed by atoms with van der Waals surface area (Å²) in [5.41, 5.74) is 0.659. The molecule has 0 unspecified atom stereocenters. The van der Waals surface area contributed by atoms with Crippen molar-refractivity contribution >= 4 is 34.5 Å². The highest BCUT2D eigenvalue weighted by molar-refractivity contribution is 7.99. The van der Waals surface area contributed by atoms with E-state index in [-0.39, 0.29) is 5.82 Å². The number of nitrogens with one attached hydrogen (secondary N) is 1. The van der Waals surface area contributed by atoms with Crippen molar-refractivity contribution in [3.05, 3.63) is 30.1 Å². The molecule has 5 nitrogen and oxygen atoms in total. The molecule has 6 heteroatoms. The molecule has 1 fully saturated rings. The van der Waals surface area contributed by atoms with Crippen molar-refractivity contribution in [1.82, 2.24) is 9.97 Å². The second-order valence-corrected chi connectivity index (χ2v) is 6.38. The van der Waals surface area contributed by atoms with Crippen LogP contribution in [0.4, 0.5) is 5.82 Å². The van der Waals surface area contributed by atoms with E-state index in [4.69, 9.17) is 5.11 Å². The summed E-state index contributed by atoms with van der Waals surface area (Å²) in [5.74, 6) is 2.41. The van der Waals surface area contributed by atoms with Gasteiger partial charge in [-0.2, -0.15) is 11.8 Å². The van der Waals surface area contributed by atoms with E-state index in [0.29, 0.717) is 17.3 Å². The zero-order chi connectivity index (χ0) is 14.7. The lowest BCUT2D eigenvalue weighted by Gasteiger charge is -2.22. The zero-order valence-electron chi connectivity index (χ0n) is 11.6. The van der Waals surface area contributed by atoms with Crippen LogP contribution in [0.15, 0.2) is 24.3 Å². The van der Waals surface area contributed by atoms with E-state index < -0.39 is 5.97 Å². The number of para-hydroxylation sites is 1. The van der Waals surface area contributed by atoms with Gasteiger partial charge in [-0.15, -0.1) is 0 Å². The highest BCUT2D eigenvalue weighted by Crippen LogP contribution is 2.25. The van der Waals surface area contributed by atoms with Crippen molar-refractivity contribution in [3.8, 4) is 0 Å². The van der Waals surface area contributed by atoms with Gasteiger partial charge in [0.25, 0.3) is 0 Å². The highest BCUT2D eigenvalue weighted by Gasteiger charge is 2.16. The van der Waals surface area contributed by atoms with Gasteiger partial charge in [0.2, 0.25) is 5.82 Å². The molecule has 0 bridgehead atoms. The van der Waals surface area contributed by atoms with Crippen molar-refractivity contribution in [2.45, 2.75) is 12.8 Å². The summed E-state index contributed by atoms with van der Waals surface area (Å²) in [6.07, 6.45) is 2.40. The maximum atomic E-state index is 11.1. The minimum absolute atomic E-state index is 0.157. The van der Waals surface area contributed by atoms with Gasteiger partial charge in [-0.3, -0.25) is 0 Å². The van der Waals surface area contributed by atoms with Gasteiger partial charge in [0, 0.05) is 11.9 Å². The Morgan fingerprint density at radius 2 is 2.05 bits per heavy atom. The van der Waals surface area contributed by atoms with Crippen LogP contribution in [0, 0.1) is 5.92 Å². The molecule has 1 aromatic carbocycles. The number of carbonyl (C=O) groups is 1. The lowest BCUT2D eigenvalue weighted by atomic mass is 10.0. The minimum atomic E-state index is -1.10. The number of carboxylic acid groups (broad SMARTS) is 1. The number of fused-ring (bicyclic) bond motifs is 1. The quantitative estimate of drug-likeness (QED) is 0.904. The van der Waals surface area contributed by atoms with Gasteiger partial charge in [0.1, 0.15) is 5.82 Å². The lowest BCUT2D eigenvalue weighted by molar-refractivity contribution is 0.0684. The monoisotopic (exact) mass is 303 g/mol. The summed E-state index contributed by atoms with van der Waals surface area (Å²) in [6, 6.07) is 7.49. The van der Waals surface area contributed by atoms with Crippen LogP contribution in [0.5, 0.6) is 0 Å². The zero-order valence-corrected chi connectivity index (χ0v) is 12.4. The molecule has 0 radical (unpaired) electrons. The molecule has 2 aromatic rings. The molecule has 0 saturated carbocycles. The first kappa shape index (κ1) is 14.1. The molecule has 110 valence electrons. The molecule has 1 saturated heterocycles. The Balaban J connectivity index is 1.86. The third-order valence-electron chi connectivity index (χ3n) is 3.69. The maximum Gasteiger partial charge on any atom is 0.374 e. The van der Waals surface area contributed by atoms with Gasteiger partial charge in [0.05, 0.1) is 5.52 Å². The number of aromatic nitrogens is 2. The van der Waals surface area contributed by atoms with Crippen molar-refractivity contribution in [2.75, 3.05) is 23.4 Å². The van der Waals surface area contributed by atoms with Crippen LogP contribution < -0.4 is 5.32 Å². The first-order valence-electron chi connectivity index (χ1n) is 7.06. The molecule has 3 rings (SSSR count). The van der Waals surface area contributed by atoms with Gasteiger partial charge < -0.3 is 10.4 Å². The van der Waals surface area contributed by atoms with Gasteiger partial charge in [-0.05, 0) is 42.4 Å². The smallest absolute Gasteiger partial charge is 0.374 e. The molecule has 1 aromatic heterocycles. The largest absolute Gasteiger partial charge is 0.475 e. The number of carboxylic acids is 1. The molecule has 1 aliphatic heterocycles. The first-order valence-corrected chi connectivity index (χ1v) is 8.21. The maximum absolute atomic E-state index is 11.1. The normalized spacial score (nSPS) is 16.0. The number of hydrogen-bond acceptors (Lipinski definition) is 5. The standard InChI is InChI=1S/C15H17N3O2S/c19-15(20)14-17-12-4-2-1-3-11(12)13(18-14)16-9-10-5-7-21-8-6-10/h1-4,10H,5-9H2,(H,19,20)(H,16,17,18). The number of rotatable bonds is 4. The number of anilines is 1. The number of hydrogen-bond donors (Lipinski definition) is 2. The number of thioether (sulfide) groups is 1. The average molecular weight is 303 g/mol. The Kier molecular flexibility index (Phi) is 4.24. The Morgan fingerprint density at radius 1 is 1.29 bits per heavy atom. The van der Waals surface area contributed by atoms with E-state index in [1.165, 1.54) is 24.3 Å². The molecule has 0 atom stereocenters. The second kappa shape index (κ2) is 6.30. The van der Waals surface area contributed by atoms with E-state index in [9.17, 15) is 4.79 Å². The third kappa shape index (κ3) is 3.26. The van der Waals surface area contributed by atoms with E-state index in [1.807, 2.05) is 36.0 Å². The number of benzene rings is 1. The van der Waals surface area contributed by atoms with E-state index in [1.54, 1.807) is 0 Å². The average Bonchev–Trinajstić information content (AvgIpc) is 2.53. The second-order valence-electron chi connectivity index (χ2n) is 5.15. The van der Waals surface area contributed by atoms with Crippen molar-refractivity contribution in [2.24, 2.45) is 5.92 Å². The van der Waals surface area contributed by atoms with Gasteiger partial charge in [0.15, 0.2) is 0 Å². The van der Waals surface area contributed by atoms with Crippen molar-refractivity contribution < 1.29 is 9.90 Å². The number of aromatic carboxylic acids is 1. The van der Waals surface area contributed by atoms with E-state index in [0.717, 1.165) is 11.9 Å². The van der Waals surface area contributed by atoms with Crippen molar-refractivity contribution in [3.63, 3.8) is 0 Å². The fourth-order valence-electron chi connectivity index (χ4n) is 2.50. The number of nitrogens with zero attached hydrogens (tertiary/aromatic N) is 2. The summed E-state index contributed by atoms with van der Waals surface area (Å²) in [6.45, 7) is 0.834. The molecule has 0 amide bonds. The summed E-state index contributed by atoms with van der Waals surface area (Å²) in [7, 11) is 0. The summed E-state index contributed by atoms with van der Waals surface area (Å²) in [5, 5.41) is 13.3. The van der Waals surface area contributed by atoms with Crippen LogP contribution in [0.1, 0.15) is 23.5 Å². The van der Waals surface area contributed by atoms with Crippen LogP contribution in [-0.4, -0.2) is 39.1 Å². The Labute approximate surface area is 127 Å². The summed E-state index contributed by atoms with van der Waals surface area (Å²) in [4.78, 5) is 19.4. The molecule has 21 heavy (non-hydrogen) atoms. The van der Waals surface area contributed by atoms with Crippen LogP contribution in [0.25, 0.3) is 10.9 Å². The minimum Gasteiger partial charge on any atom is -0.475 e. The fraction of sp³-hybridized carbons (Fsp3) is 0.400. The van der Waals surface area contributed by atoms with Crippen LogP contribution in [0.2, 0.25) is 0 Å². The summed E-state index contributed by atoms with van der Waals surface area (Å²) >= 11 is 2.00. The fourth-order valence-corrected chi connectivity index (χ4v) is 3.70. The van der Waals surface area contributed by atoms with Crippen LogP contribution >= 0.6 is 11.8 Å². The Bertz CT molecular complexity index is 656. The van der Waals surface area contributed by atoms with E-state index >= 15 is 0 Å². The molecule has 0 spiro atoms. The van der Waals surface area contributed by atoms with Gasteiger partial charge in [-0.1, -0.05) is 12.1 Å². The predicted octanol–water partition coefficient (Wildman–Crippen LogP) is 2.88. The van der Waals surface area contributed by atoms with Crippen LogP contribution in [-0.2, 0) is 0 Å². The first-order chi connectivity index (χ1) is 10.2. The third-order valence-corrected chi connectivity index (χ3v) is 4.74. The lowest BCUT2D eigenvalue weighted by Crippen LogP contribution is -2.20. The van der Waals surface area contributed by atoms with E-state index in [2.05, 4.69) is 15.3 Å². The molecule has 0 aliphatic carbocycles. The molecular weight excluding hydrogens is 286 g/mol. The Hall–Kier alpha value is -1.82. The topological polar surface area (TPSA) is 75.1 Å². The predicted molar refractivity (Wildman–Crippen MR) is 85.0 cm³/mol. The molecule has 2 heterocycles. The molecule has 1 aliphatic rings. The molecule has 2 N–H and O–H groups in total. The summed E-state index contributed by atoms with van der Waals surface area (Å²) < 4.78 is 0. The molecular formula is C15H17N3O2S. The Morgan fingerprint density at radius 3 is 2.81 bits per heavy atom. The van der Waals surface area contributed by atoms with Gasteiger partial charge in [-0.25, -0.2) is 14.8 Å². The van der Waals surface area contributed by atoms with Crippen LogP contribution in [0.3, 0.4) is 0 Å². The van der Waals surface area contributed by atoms with Crippen molar-refractivity contribution in [1.29, 1.82) is 0 Å². The highest BCUT2D eigenvalue weighted by atomic mass is 32.2. The van der Waals surface area contributed by atoms with Gasteiger partial charge >= 0.3 is 5.97 Å². The SMILES string of the molecule is O=C(O)c1nc(NCC2CCSCC2)c2ccccc2n1.